The van der Waals surface area contributed by atoms with Crippen molar-refractivity contribution in [2.75, 3.05) is 0 Å². The van der Waals surface area contributed by atoms with Gasteiger partial charge in [-0.15, -0.1) is 0 Å². The monoisotopic (exact) mass is 319 g/mol. The molecule has 0 bridgehead atoms. The van der Waals surface area contributed by atoms with Crippen LogP contribution in [0.4, 0.5) is 0 Å². The summed E-state index contributed by atoms with van der Waals surface area (Å²) in [6.07, 6.45) is 11.2. The van der Waals surface area contributed by atoms with Gasteiger partial charge in [-0.3, -0.25) is 8.42 Å². The maximum atomic E-state index is 10.1. The van der Waals surface area contributed by atoms with Gasteiger partial charge in [-0.2, -0.15) is 0 Å². The van der Waals surface area contributed by atoms with Crippen LogP contribution in [-0.4, -0.2) is 46.5 Å². The molecule has 0 aromatic carbocycles. The third kappa shape index (κ3) is 43.0. The molecule has 0 N–H and O–H groups in total. The Morgan fingerprint density at radius 1 is 0.850 bits per heavy atom. The van der Waals surface area contributed by atoms with Crippen LogP contribution in [0.3, 0.4) is 0 Å². The molecular weight excluding hydrogens is 296 g/mol. The average molecular weight is 320 g/mol. The van der Waals surface area contributed by atoms with Crippen LogP contribution in [0.25, 0.3) is 0 Å². The van der Waals surface area contributed by atoms with Crippen LogP contribution in [0.5, 0.6) is 0 Å². The summed E-state index contributed by atoms with van der Waals surface area (Å²) in [5, 5.41) is 10.1. The van der Waals surface area contributed by atoms with E-state index in [-0.39, 0.29) is 29.5 Å². The number of unbranched alkanes of at least 4 members (excludes halogenated alkanes) is 8. The van der Waals surface area contributed by atoms with Gasteiger partial charge >= 0.3 is 23.1 Å². The number of carboxylic acids is 1. The molecule has 0 aliphatic rings. The van der Waals surface area contributed by atoms with Crippen LogP contribution in [-0.2, 0) is 15.2 Å². The summed E-state index contributed by atoms with van der Waals surface area (Å²) >= 11 is 0. The maximum Gasteiger partial charge on any atom is 2.00 e. The Balaban J connectivity index is -0.000000414. The molecule has 0 aliphatic heterocycles. The van der Waals surface area contributed by atoms with Crippen molar-refractivity contribution in [3.8, 4) is 0 Å². The Morgan fingerprint density at radius 2 is 1.15 bits per heavy atom. The minimum absolute atomic E-state index is 0. The zero-order valence-electron chi connectivity index (χ0n) is 12.1. The average Bonchev–Trinajstić information content (AvgIpc) is 2.24. The Bertz CT molecular complexity index is 297. The van der Waals surface area contributed by atoms with Gasteiger partial charge < -0.3 is 19.0 Å². The van der Waals surface area contributed by atoms with E-state index in [1.54, 1.807) is 0 Å². The van der Waals surface area contributed by atoms with Crippen LogP contribution >= 0.6 is 0 Å². The van der Waals surface area contributed by atoms with E-state index >= 15 is 0 Å². The second-order valence-electron chi connectivity index (χ2n) is 4.36. The van der Waals surface area contributed by atoms with Crippen LogP contribution in [0.1, 0.15) is 71.1 Å². The van der Waals surface area contributed by atoms with E-state index < -0.39 is 16.4 Å². The number of carbonyl (C=O) groups is 1. The van der Waals surface area contributed by atoms with E-state index in [4.69, 9.17) is 17.5 Å². The first kappa shape index (κ1) is 25.1. The van der Waals surface area contributed by atoms with E-state index in [1.165, 1.54) is 44.9 Å². The van der Waals surface area contributed by atoms with E-state index in [2.05, 4.69) is 6.92 Å². The van der Waals surface area contributed by atoms with Crippen molar-refractivity contribution in [1.29, 1.82) is 0 Å². The summed E-state index contributed by atoms with van der Waals surface area (Å²) in [6.45, 7) is 2.22. The van der Waals surface area contributed by atoms with Crippen LogP contribution in [0, 0.1) is 0 Å². The molecule has 0 radical (unpaired) electrons. The number of rotatable bonds is 10. The molecule has 0 amide bonds. The van der Waals surface area contributed by atoms with Crippen LogP contribution in [0.2, 0.25) is 0 Å². The molecule has 0 saturated carbocycles. The molecule has 0 unspecified atom stereocenters. The van der Waals surface area contributed by atoms with Crippen molar-refractivity contribution in [2.24, 2.45) is 0 Å². The SMILES string of the molecule is CCCCCCCCCCCC(=O)[O-].O=S(=O)([O-])[O-].[Mg+2]. The molecule has 116 valence electrons. The summed E-state index contributed by atoms with van der Waals surface area (Å²) in [4.78, 5) is 10.1. The van der Waals surface area contributed by atoms with E-state index in [0.717, 1.165) is 12.8 Å². The van der Waals surface area contributed by atoms with Gasteiger partial charge in [0.05, 0.1) is 0 Å². The third-order valence-electron chi connectivity index (χ3n) is 2.48. The molecule has 0 fully saturated rings. The molecule has 0 heterocycles. The predicted octanol–water partition coefficient (Wildman–Crippen LogP) is 0.938. The quantitative estimate of drug-likeness (QED) is 0.256. The van der Waals surface area contributed by atoms with Gasteiger partial charge in [-0.1, -0.05) is 58.3 Å². The normalized spacial score (nSPS) is 10.2. The fraction of sp³-hybridized carbons (Fsp3) is 0.917. The number of aliphatic carboxylic acids is 1. The summed E-state index contributed by atoms with van der Waals surface area (Å²) in [7, 11) is -5.17. The summed E-state index contributed by atoms with van der Waals surface area (Å²) in [5.41, 5.74) is 0. The summed E-state index contributed by atoms with van der Waals surface area (Å²) in [5.74, 6) is -0.909. The van der Waals surface area contributed by atoms with Crippen molar-refractivity contribution < 1.29 is 27.4 Å². The van der Waals surface area contributed by atoms with Crippen LogP contribution < -0.4 is 5.11 Å². The van der Waals surface area contributed by atoms with Gasteiger partial charge in [-0.05, 0) is 12.8 Å². The van der Waals surface area contributed by atoms with Gasteiger partial charge in [0.2, 0.25) is 0 Å². The zero-order chi connectivity index (χ0) is 15.1. The summed E-state index contributed by atoms with van der Waals surface area (Å²) < 4.78 is 34.1. The third-order valence-corrected chi connectivity index (χ3v) is 2.48. The van der Waals surface area contributed by atoms with Crippen molar-refractivity contribution in [3.63, 3.8) is 0 Å². The number of carbonyl (C=O) groups excluding carboxylic acids is 1. The predicted molar refractivity (Wildman–Crippen MR) is 73.1 cm³/mol. The van der Waals surface area contributed by atoms with E-state index in [0.29, 0.717) is 0 Å². The smallest absolute Gasteiger partial charge is 0.759 e. The minimum atomic E-state index is -5.17. The first-order valence-corrected chi connectivity index (χ1v) is 7.97. The Kier molecular flexibility index (Phi) is 21.5. The van der Waals surface area contributed by atoms with Crippen LogP contribution in [0.15, 0.2) is 0 Å². The topological polar surface area (TPSA) is 120 Å². The van der Waals surface area contributed by atoms with Crippen molar-refractivity contribution >= 4 is 39.4 Å². The van der Waals surface area contributed by atoms with Gasteiger partial charge in [0.1, 0.15) is 0 Å². The molecule has 0 aromatic heterocycles. The van der Waals surface area contributed by atoms with E-state index in [9.17, 15) is 9.90 Å². The largest absolute Gasteiger partial charge is 2.00 e. The van der Waals surface area contributed by atoms with Crippen molar-refractivity contribution in [3.05, 3.63) is 0 Å². The molecule has 0 spiro atoms. The Hall–Kier alpha value is 0.106. The molecule has 0 atom stereocenters. The fourth-order valence-electron chi connectivity index (χ4n) is 1.58. The van der Waals surface area contributed by atoms with Gasteiger partial charge in [-0.25, -0.2) is 0 Å². The number of hydrogen-bond donors (Lipinski definition) is 0. The molecule has 8 heteroatoms. The first-order valence-electron chi connectivity index (χ1n) is 6.64. The van der Waals surface area contributed by atoms with E-state index in [1.807, 2.05) is 0 Å². The standard InChI is InChI=1S/C12H24O2.Mg.H2O4S/c1-2-3-4-5-6-7-8-9-10-11-12(13)14;;1-5(2,3)4/h2-11H2,1H3,(H,13,14);;(H2,1,2,3,4)/q;+2;/p-3. The zero-order valence-corrected chi connectivity index (χ0v) is 14.4. The second-order valence-corrected chi connectivity index (χ2v) is 5.18. The van der Waals surface area contributed by atoms with Gasteiger partial charge in [0, 0.05) is 16.4 Å². The van der Waals surface area contributed by atoms with Gasteiger partial charge in [0.15, 0.2) is 0 Å². The first-order chi connectivity index (χ1) is 8.77. The fourth-order valence-corrected chi connectivity index (χ4v) is 1.58. The Morgan fingerprint density at radius 3 is 1.45 bits per heavy atom. The molecular formula is C12H23MgO6S-. The second kappa shape index (κ2) is 17.2. The van der Waals surface area contributed by atoms with Crippen molar-refractivity contribution in [1.82, 2.24) is 0 Å². The summed E-state index contributed by atoms with van der Waals surface area (Å²) in [6, 6.07) is 0. The van der Waals surface area contributed by atoms with Gasteiger partial charge in [0.25, 0.3) is 0 Å². The molecule has 0 aliphatic carbocycles. The van der Waals surface area contributed by atoms with Crippen molar-refractivity contribution in [2.45, 2.75) is 71.1 Å². The molecule has 0 saturated heterocycles. The maximum absolute atomic E-state index is 10.1. The molecule has 6 nitrogen and oxygen atoms in total. The number of hydrogen-bond acceptors (Lipinski definition) is 6. The Labute approximate surface area is 138 Å². The molecule has 0 rings (SSSR count). The molecule has 20 heavy (non-hydrogen) atoms. The number of carboxylic acid groups (broad SMARTS) is 1. The minimum Gasteiger partial charge on any atom is -0.759 e. The molecule has 0 aromatic rings.